The molecule has 0 saturated carbocycles. The lowest BCUT2D eigenvalue weighted by atomic mass is 10.1. The molecule has 3 amide bonds. The fourth-order valence-electron chi connectivity index (χ4n) is 2.10. The van der Waals surface area contributed by atoms with E-state index in [4.69, 9.17) is 0 Å². The standard InChI is InChI=1S/C17H26N4O3/c1-2-3-4-5-6-7-8-12-15(22)20-21-17(24)16(23)19-14-11-9-10-13-18-14/h9-11,13H,2-8,12H2,1H3,(H,20,22)(H,21,24)(H,18,19,23). The van der Waals surface area contributed by atoms with Crippen molar-refractivity contribution in [1.82, 2.24) is 15.8 Å². The van der Waals surface area contributed by atoms with Crippen molar-refractivity contribution in [2.45, 2.75) is 58.3 Å². The minimum Gasteiger partial charge on any atom is -0.302 e. The van der Waals surface area contributed by atoms with Crippen LogP contribution in [0.2, 0.25) is 0 Å². The average molecular weight is 334 g/mol. The van der Waals surface area contributed by atoms with Gasteiger partial charge in [0.2, 0.25) is 5.91 Å². The lowest BCUT2D eigenvalue weighted by Crippen LogP contribution is -2.46. The first-order valence-electron chi connectivity index (χ1n) is 8.44. The molecule has 0 aliphatic rings. The van der Waals surface area contributed by atoms with Gasteiger partial charge in [0.1, 0.15) is 5.82 Å². The fourth-order valence-corrected chi connectivity index (χ4v) is 2.10. The van der Waals surface area contributed by atoms with Gasteiger partial charge in [0.25, 0.3) is 0 Å². The summed E-state index contributed by atoms with van der Waals surface area (Å²) < 4.78 is 0. The highest BCUT2D eigenvalue weighted by atomic mass is 16.2. The zero-order valence-electron chi connectivity index (χ0n) is 14.1. The Morgan fingerprint density at radius 3 is 2.29 bits per heavy atom. The fraction of sp³-hybridized carbons (Fsp3) is 0.529. The number of rotatable bonds is 9. The number of pyridine rings is 1. The molecule has 1 rings (SSSR count). The van der Waals surface area contributed by atoms with Gasteiger partial charge in [-0.05, 0) is 18.6 Å². The third kappa shape index (κ3) is 8.87. The van der Waals surface area contributed by atoms with Gasteiger partial charge in [0.05, 0.1) is 0 Å². The molecule has 132 valence electrons. The lowest BCUT2D eigenvalue weighted by molar-refractivity contribution is -0.138. The summed E-state index contributed by atoms with van der Waals surface area (Å²) >= 11 is 0. The molecule has 0 aliphatic carbocycles. The Balaban J connectivity index is 2.10. The topological polar surface area (TPSA) is 100 Å². The quantitative estimate of drug-likeness (QED) is 0.366. The molecule has 0 aromatic carbocycles. The van der Waals surface area contributed by atoms with E-state index in [0.29, 0.717) is 6.42 Å². The van der Waals surface area contributed by atoms with Gasteiger partial charge in [-0.3, -0.25) is 25.2 Å². The van der Waals surface area contributed by atoms with Crippen LogP contribution in [0, 0.1) is 0 Å². The second-order valence-electron chi connectivity index (χ2n) is 5.54. The van der Waals surface area contributed by atoms with E-state index < -0.39 is 11.8 Å². The van der Waals surface area contributed by atoms with Crippen LogP contribution in [-0.2, 0) is 14.4 Å². The Morgan fingerprint density at radius 2 is 1.62 bits per heavy atom. The number of aromatic nitrogens is 1. The zero-order valence-corrected chi connectivity index (χ0v) is 14.1. The lowest BCUT2D eigenvalue weighted by Gasteiger charge is -2.07. The second-order valence-corrected chi connectivity index (χ2v) is 5.54. The van der Waals surface area contributed by atoms with E-state index in [1.165, 1.54) is 31.9 Å². The van der Waals surface area contributed by atoms with Crippen molar-refractivity contribution in [3.8, 4) is 0 Å². The molecule has 0 saturated heterocycles. The van der Waals surface area contributed by atoms with E-state index in [1.807, 2.05) is 0 Å². The highest BCUT2D eigenvalue weighted by Crippen LogP contribution is 2.08. The van der Waals surface area contributed by atoms with Gasteiger partial charge in [-0.2, -0.15) is 0 Å². The minimum atomic E-state index is -0.937. The molecular formula is C17H26N4O3. The number of amides is 3. The minimum absolute atomic E-state index is 0.270. The summed E-state index contributed by atoms with van der Waals surface area (Å²) in [5.41, 5.74) is 4.33. The SMILES string of the molecule is CCCCCCCCCC(=O)NNC(=O)C(=O)Nc1ccccn1. The van der Waals surface area contributed by atoms with Crippen molar-refractivity contribution in [2.75, 3.05) is 5.32 Å². The van der Waals surface area contributed by atoms with Gasteiger partial charge in [-0.1, -0.05) is 51.5 Å². The number of anilines is 1. The summed E-state index contributed by atoms with van der Waals surface area (Å²) in [5, 5.41) is 2.33. The highest BCUT2D eigenvalue weighted by Gasteiger charge is 2.14. The number of hydrogen-bond donors (Lipinski definition) is 3. The van der Waals surface area contributed by atoms with E-state index >= 15 is 0 Å². The first-order chi connectivity index (χ1) is 11.6. The van der Waals surface area contributed by atoms with Crippen molar-refractivity contribution in [3.05, 3.63) is 24.4 Å². The van der Waals surface area contributed by atoms with Crippen LogP contribution in [0.15, 0.2) is 24.4 Å². The van der Waals surface area contributed by atoms with E-state index in [-0.39, 0.29) is 11.7 Å². The van der Waals surface area contributed by atoms with Crippen molar-refractivity contribution in [3.63, 3.8) is 0 Å². The highest BCUT2D eigenvalue weighted by molar-refractivity contribution is 6.39. The van der Waals surface area contributed by atoms with E-state index in [9.17, 15) is 14.4 Å². The van der Waals surface area contributed by atoms with Crippen LogP contribution in [0.5, 0.6) is 0 Å². The van der Waals surface area contributed by atoms with E-state index in [0.717, 1.165) is 19.3 Å². The first kappa shape index (κ1) is 19.6. The van der Waals surface area contributed by atoms with Gasteiger partial charge in [-0.15, -0.1) is 0 Å². The van der Waals surface area contributed by atoms with Crippen LogP contribution >= 0.6 is 0 Å². The Hall–Kier alpha value is -2.44. The summed E-state index contributed by atoms with van der Waals surface area (Å²) in [6.07, 6.45) is 9.62. The monoisotopic (exact) mass is 334 g/mol. The van der Waals surface area contributed by atoms with Crippen LogP contribution in [0.4, 0.5) is 5.82 Å². The van der Waals surface area contributed by atoms with Gasteiger partial charge in [0.15, 0.2) is 0 Å². The zero-order chi connectivity index (χ0) is 17.6. The van der Waals surface area contributed by atoms with Gasteiger partial charge in [0, 0.05) is 12.6 Å². The van der Waals surface area contributed by atoms with Crippen molar-refractivity contribution < 1.29 is 14.4 Å². The summed E-state index contributed by atoms with van der Waals surface area (Å²) in [5.74, 6) is -1.85. The molecule has 0 unspecified atom stereocenters. The molecular weight excluding hydrogens is 308 g/mol. The molecule has 0 atom stereocenters. The van der Waals surface area contributed by atoms with Crippen LogP contribution in [0.25, 0.3) is 0 Å². The summed E-state index contributed by atoms with van der Waals surface area (Å²) in [4.78, 5) is 38.6. The maximum absolute atomic E-state index is 11.6. The normalized spacial score (nSPS) is 10.0. The smallest absolute Gasteiger partial charge is 0.302 e. The molecule has 1 aromatic rings. The molecule has 0 radical (unpaired) electrons. The Morgan fingerprint density at radius 1 is 0.917 bits per heavy atom. The second kappa shape index (κ2) is 12.0. The summed E-state index contributed by atoms with van der Waals surface area (Å²) in [6, 6.07) is 4.94. The molecule has 7 heteroatoms. The Labute approximate surface area is 142 Å². The predicted molar refractivity (Wildman–Crippen MR) is 91.8 cm³/mol. The average Bonchev–Trinajstić information content (AvgIpc) is 2.59. The van der Waals surface area contributed by atoms with Crippen LogP contribution in [-0.4, -0.2) is 22.7 Å². The number of carbonyl (C=O) groups excluding carboxylic acids is 3. The number of nitrogens with one attached hydrogen (secondary N) is 3. The molecule has 7 nitrogen and oxygen atoms in total. The molecule has 1 heterocycles. The van der Waals surface area contributed by atoms with E-state index in [2.05, 4.69) is 28.1 Å². The van der Waals surface area contributed by atoms with Crippen LogP contribution in [0.3, 0.4) is 0 Å². The molecule has 0 bridgehead atoms. The molecule has 24 heavy (non-hydrogen) atoms. The van der Waals surface area contributed by atoms with Gasteiger partial charge >= 0.3 is 11.8 Å². The molecule has 0 spiro atoms. The van der Waals surface area contributed by atoms with Gasteiger partial charge < -0.3 is 5.32 Å². The molecule has 0 aliphatic heterocycles. The van der Waals surface area contributed by atoms with E-state index in [1.54, 1.807) is 18.2 Å². The predicted octanol–water partition coefficient (Wildman–Crippen LogP) is 2.31. The number of hydrogen-bond acceptors (Lipinski definition) is 4. The summed E-state index contributed by atoms with van der Waals surface area (Å²) in [7, 11) is 0. The van der Waals surface area contributed by atoms with Gasteiger partial charge in [-0.25, -0.2) is 4.98 Å². The number of hydrazine groups is 1. The molecule has 3 N–H and O–H groups in total. The molecule has 1 aromatic heterocycles. The number of unbranched alkanes of at least 4 members (excludes halogenated alkanes) is 6. The maximum atomic E-state index is 11.6. The number of nitrogens with zero attached hydrogens (tertiary/aromatic N) is 1. The maximum Gasteiger partial charge on any atom is 0.328 e. The first-order valence-corrected chi connectivity index (χ1v) is 8.44. The van der Waals surface area contributed by atoms with Crippen molar-refractivity contribution in [1.29, 1.82) is 0 Å². The number of carbonyl (C=O) groups is 3. The van der Waals surface area contributed by atoms with Crippen LogP contribution in [0.1, 0.15) is 58.3 Å². The van der Waals surface area contributed by atoms with Crippen molar-refractivity contribution >= 4 is 23.5 Å². The third-order valence-electron chi connectivity index (χ3n) is 3.44. The van der Waals surface area contributed by atoms with Crippen molar-refractivity contribution in [2.24, 2.45) is 0 Å². The third-order valence-corrected chi connectivity index (χ3v) is 3.44. The van der Waals surface area contributed by atoms with Crippen LogP contribution < -0.4 is 16.2 Å². The summed E-state index contributed by atoms with van der Waals surface area (Å²) in [6.45, 7) is 2.18. The molecule has 0 fully saturated rings. The Bertz CT molecular complexity index is 520. The Kier molecular flexibility index (Phi) is 9.84. The largest absolute Gasteiger partial charge is 0.328 e.